The van der Waals surface area contributed by atoms with Crippen LogP contribution in [0.2, 0.25) is 0 Å². The summed E-state index contributed by atoms with van der Waals surface area (Å²) in [6.45, 7) is 3.01. The third kappa shape index (κ3) is 6.56. The van der Waals surface area contributed by atoms with Gasteiger partial charge in [0.15, 0.2) is 0 Å². The van der Waals surface area contributed by atoms with E-state index in [1.807, 2.05) is 55.4 Å². The Hall–Kier alpha value is -3.89. The Morgan fingerprint density at radius 2 is 1.91 bits per heavy atom. The third-order valence-corrected chi connectivity index (χ3v) is 4.46. The highest BCUT2D eigenvalue weighted by molar-refractivity contribution is 5.84. The first-order valence-electron chi connectivity index (χ1n) is 10.3. The maximum atomic E-state index is 12.4. The molecular formula is C25H26N4O3. The van der Waals surface area contributed by atoms with E-state index in [-0.39, 0.29) is 12.1 Å². The molecule has 0 atom stereocenters. The Morgan fingerprint density at radius 1 is 1.12 bits per heavy atom. The molecule has 0 aliphatic carbocycles. The van der Waals surface area contributed by atoms with Gasteiger partial charge in [-0.05, 0) is 56.9 Å². The molecular weight excluding hydrogens is 404 g/mol. The average molecular weight is 431 g/mol. The predicted molar refractivity (Wildman–Crippen MR) is 126 cm³/mol. The number of hydrogen-bond acceptors (Lipinski definition) is 5. The van der Waals surface area contributed by atoms with Crippen LogP contribution in [0, 0.1) is 11.8 Å². The van der Waals surface area contributed by atoms with Crippen molar-refractivity contribution >= 4 is 11.8 Å². The van der Waals surface area contributed by atoms with Crippen molar-refractivity contribution in [3.63, 3.8) is 0 Å². The Labute approximate surface area is 187 Å². The average Bonchev–Trinajstić information content (AvgIpc) is 2.76. The van der Waals surface area contributed by atoms with Gasteiger partial charge in [0, 0.05) is 22.9 Å². The molecule has 0 aliphatic heterocycles. The molecule has 0 bridgehead atoms. The molecule has 0 unspecified atom stereocenters. The third-order valence-electron chi connectivity index (χ3n) is 4.46. The van der Waals surface area contributed by atoms with Gasteiger partial charge in [-0.1, -0.05) is 36.1 Å². The Bertz CT molecular complexity index is 1190. The second kappa shape index (κ2) is 10.9. The van der Waals surface area contributed by atoms with Crippen LogP contribution in [0.25, 0.3) is 11.3 Å². The standard InChI is InChI=1S/C25H26N4O3/c1-4-32-25(31)26-22-9-5-7-20(17-22)18-29-24(30)15-14-23(27-29)21-12-10-19(11-13-21)8-6-16-28(2)3/h5,7,9-15,17H,4,16,18H2,1-3H3,(H,26,31). The zero-order valence-corrected chi connectivity index (χ0v) is 18.5. The lowest BCUT2D eigenvalue weighted by Gasteiger charge is -2.10. The second-order valence-corrected chi connectivity index (χ2v) is 7.38. The van der Waals surface area contributed by atoms with Gasteiger partial charge in [-0.25, -0.2) is 9.48 Å². The van der Waals surface area contributed by atoms with Crippen molar-refractivity contribution in [3.8, 4) is 23.1 Å². The van der Waals surface area contributed by atoms with Gasteiger partial charge in [-0.15, -0.1) is 0 Å². The van der Waals surface area contributed by atoms with E-state index in [0.29, 0.717) is 24.5 Å². The highest BCUT2D eigenvalue weighted by Gasteiger charge is 2.07. The van der Waals surface area contributed by atoms with Crippen LogP contribution in [-0.4, -0.2) is 48.0 Å². The zero-order valence-electron chi connectivity index (χ0n) is 18.5. The van der Waals surface area contributed by atoms with Crippen molar-refractivity contribution in [1.29, 1.82) is 0 Å². The van der Waals surface area contributed by atoms with Gasteiger partial charge in [0.2, 0.25) is 0 Å². The van der Waals surface area contributed by atoms with E-state index >= 15 is 0 Å². The van der Waals surface area contributed by atoms with Crippen LogP contribution in [0.4, 0.5) is 10.5 Å². The summed E-state index contributed by atoms with van der Waals surface area (Å²) in [4.78, 5) is 26.0. The fourth-order valence-corrected chi connectivity index (χ4v) is 2.95. The van der Waals surface area contributed by atoms with Crippen LogP contribution in [0.5, 0.6) is 0 Å². The summed E-state index contributed by atoms with van der Waals surface area (Å²) in [6, 6.07) is 18.2. The van der Waals surface area contributed by atoms with Crippen LogP contribution < -0.4 is 10.9 Å². The van der Waals surface area contributed by atoms with E-state index in [1.54, 1.807) is 25.1 Å². The first-order chi connectivity index (χ1) is 15.4. The first-order valence-corrected chi connectivity index (χ1v) is 10.3. The molecule has 0 spiro atoms. The summed E-state index contributed by atoms with van der Waals surface area (Å²) in [6.07, 6.45) is -0.517. The van der Waals surface area contributed by atoms with Crippen molar-refractivity contribution in [1.82, 2.24) is 14.7 Å². The van der Waals surface area contributed by atoms with Gasteiger partial charge < -0.3 is 4.74 Å². The Morgan fingerprint density at radius 3 is 2.62 bits per heavy atom. The van der Waals surface area contributed by atoms with Gasteiger partial charge in [-0.2, -0.15) is 5.10 Å². The molecule has 1 heterocycles. The van der Waals surface area contributed by atoms with E-state index < -0.39 is 6.09 Å². The van der Waals surface area contributed by atoms with Gasteiger partial charge in [0.1, 0.15) is 0 Å². The Kier molecular flexibility index (Phi) is 7.79. The summed E-state index contributed by atoms with van der Waals surface area (Å²) < 4.78 is 6.31. The highest BCUT2D eigenvalue weighted by Crippen LogP contribution is 2.17. The molecule has 32 heavy (non-hydrogen) atoms. The van der Waals surface area contributed by atoms with Gasteiger partial charge in [-0.3, -0.25) is 15.0 Å². The van der Waals surface area contributed by atoms with E-state index in [0.717, 1.165) is 16.7 Å². The number of rotatable bonds is 6. The summed E-state index contributed by atoms with van der Waals surface area (Å²) in [5.41, 5.74) is 3.74. The summed E-state index contributed by atoms with van der Waals surface area (Å²) in [7, 11) is 3.96. The molecule has 164 valence electrons. The number of anilines is 1. The molecule has 7 nitrogen and oxygen atoms in total. The molecule has 0 saturated carbocycles. The highest BCUT2D eigenvalue weighted by atomic mass is 16.5. The topological polar surface area (TPSA) is 76.5 Å². The van der Waals surface area contributed by atoms with Crippen LogP contribution in [0.3, 0.4) is 0 Å². The lowest BCUT2D eigenvalue weighted by Crippen LogP contribution is -2.23. The molecule has 3 rings (SSSR count). The van der Waals surface area contributed by atoms with Crippen molar-refractivity contribution in [2.24, 2.45) is 0 Å². The minimum atomic E-state index is -0.517. The number of nitrogens with zero attached hydrogens (tertiary/aromatic N) is 3. The van der Waals surface area contributed by atoms with E-state index in [9.17, 15) is 9.59 Å². The fourth-order valence-electron chi connectivity index (χ4n) is 2.95. The van der Waals surface area contributed by atoms with Crippen LogP contribution in [-0.2, 0) is 11.3 Å². The molecule has 1 N–H and O–H groups in total. The lowest BCUT2D eigenvalue weighted by molar-refractivity contribution is 0.168. The number of carbonyl (C=O) groups excluding carboxylic acids is 1. The van der Waals surface area contributed by atoms with E-state index in [4.69, 9.17) is 4.74 Å². The number of carbonyl (C=O) groups is 1. The lowest BCUT2D eigenvalue weighted by atomic mass is 10.1. The van der Waals surface area contributed by atoms with Gasteiger partial charge in [0.05, 0.1) is 25.4 Å². The number of nitrogens with one attached hydrogen (secondary N) is 1. The maximum Gasteiger partial charge on any atom is 0.411 e. The molecule has 0 aliphatic rings. The Balaban J connectivity index is 1.77. The molecule has 0 saturated heterocycles. The minimum absolute atomic E-state index is 0.205. The molecule has 1 amide bonds. The number of amides is 1. The van der Waals surface area contributed by atoms with E-state index in [2.05, 4.69) is 22.3 Å². The first kappa shape index (κ1) is 22.8. The minimum Gasteiger partial charge on any atom is -0.450 e. The molecule has 7 heteroatoms. The number of aromatic nitrogens is 2. The maximum absolute atomic E-state index is 12.4. The largest absolute Gasteiger partial charge is 0.450 e. The smallest absolute Gasteiger partial charge is 0.411 e. The van der Waals surface area contributed by atoms with Crippen LogP contribution in [0.1, 0.15) is 18.1 Å². The van der Waals surface area contributed by atoms with Crippen LogP contribution in [0.15, 0.2) is 65.5 Å². The van der Waals surface area contributed by atoms with Gasteiger partial charge in [0.25, 0.3) is 5.56 Å². The van der Waals surface area contributed by atoms with Crippen LogP contribution >= 0.6 is 0 Å². The molecule has 0 radical (unpaired) electrons. The quantitative estimate of drug-likeness (QED) is 0.607. The monoisotopic (exact) mass is 430 g/mol. The summed E-state index contributed by atoms with van der Waals surface area (Å²) in [5, 5.41) is 7.19. The number of hydrogen-bond donors (Lipinski definition) is 1. The van der Waals surface area contributed by atoms with Crippen molar-refractivity contribution in [2.75, 3.05) is 32.6 Å². The summed E-state index contributed by atoms with van der Waals surface area (Å²) >= 11 is 0. The SMILES string of the molecule is CCOC(=O)Nc1cccc(Cn2nc(-c3ccc(C#CCN(C)C)cc3)ccc2=O)c1. The number of ether oxygens (including phenoxy) is 1. The van der Waals surface area contributed by atoms with Crippen molar-refractivity contribution < 1.29 is 9.53 Å². The molecule has 3 aromatic rings. The molecule has 0 fully saturated rings. The molecule has 2 aromatic carbocycles. The van der Waals surface area contributed by atoms with Crippen molar-refractivity contribution in [2.45, 2.75) is 13.5 Å². The van der Waals surface area contributed by atoms with Crippen molar-refractivity contribution in [3.05, 3.63) is 82.1 Å². The molecule has 1 aromatic heterocycles. The fraction of sp³-hybridized carbons (Fsp3) is 0.240. The summed E-state index contributed by atoms with van der Waals surface area (Å²) in [5.74, 6) is 6.24. The normalized spacial score (nSPS) is 10.4. The number of benzene rings is 2. The van der Waals surface area contributed by atoms with Gasteiger partial charge >= 0.3 is 6.09 Å². The zero-order chi connectivity index (χ0) is 22.9. The second-order valence-electron chi connectivity index (χ2n) is 7.38. The predicted octanol–water partition coefficient (Wildman–Crippen LogP) is 3.44. The van der Waals surface area contributed by atoms with E-state index in [1.165, 1.54) is 10.7 Å².